The van der Waals surface area contributed by atoms with Crippen LogP contribution >= 0.6 is 0 Å². The van der Waals surface area contributed by atoms with E-state index in [2.05, 4.69) is 42.7 Å². The van der Waals surface area contributed by atoms with E-state index in [1.165, 1.54) is 29.1 Å². The van der Waals surface area contributed by atoms with Gasteiger partial charge >= 0.3 is 0 Å². The van der Waals surface area contributed by atoms with Crippen molar-refractivity contribution in [3.05, 3.63) is 41.3 Å². The molecule has 100 valence electrons. The minimum absolute atomic E-state index is 0.560. The average Bonchev–Trinajstić information content (AvgIpc) is 2.77. The highest BCUT2D eigenvalue weighted by atomic mass is 15.1. The maximum Gasteiger partial charge on any atom is 0.109 e. The van der Waals surface area contributed by atoms with E-state index in [0.717, 1.165) is 24.6 Å². The van der Waals surface area contributed by atoms with Crippen molar-refractivity contribution in [1.82, 2.24) is 9.55 Å². The molecule has 1 aromatic carbocycles. The Hall–Kier alpha value is -1.61. The van der Waals surface area contributed by atoms with Crippen LogP contribution in [0, 0.1) is 12.8 Å². The molecule has 1 aliphatic heterocycles. The van der Waals surface area contributed by atoms with Crippen LogP contribution < -0.4 is 5.73 Å². The smallest absolute Gasteiger partial charge is 0.109 e. The molecule has 1 unspecified atom stereocenters. The number of benzene rings is 1. The van der Waals surface area contributed by atoms with Crippen LogP contribution in [0.3, 0.4) is 0 Å². The fourth-order valence-electron chi connectivity index (χ4n) is 2.87. The van der Waals surface area contributed by atoms with E-state index in [1.54, 1.807) is 0 Å². The lowest BCUT2D eigenvalue weighted by atomic mass is 10.0. The quantitative estimate of drug-likeness (QED) is 0.896. The molecular weight excluding hydrogens is 234 g/mol. The van der Waals surface area contributed by atoms with Gasteiger partial charge in [0.15, 0.2) is 0 Å². The molecular formula is C16H21N3. The lowest BCUT2D eigenvalue weighted by Gasteiger charge is -2.21. The van der Waals surface area contributed by atoms with Crippen LogP contribution in [0.4, 0.5) is 0 Å². The van der Waals surface area contributed by atoms with Crippen molar-refractivity contribution >= 4 is 0 Å². The highest BCUT2D eigenvalue weighted by Crippen LogP contribution is 2.29. The van der Waals surface area contributed by atoms with Crippen molar-refractivity contribution in [2.24, 2.45) is 11.7 Å². The molecule has 1 aromatic heterocycles. The molecule has 0 amide bonds. The maximum absolute atomic E-state index is 5.96. The summed E-state index contributed by atoms with van der Waals surface area (Å²) >= 11 is 0. The minimum Gasteiger partial charge on any atom is -0.330 e. The van der Waals surface area contributed by atoms with Gasteiger partial charge in [-0.15, -0.1) is 0 Å². The van der Waals surface area contributed by atoms with Gasteiger partial charge < -0.3 is 10.3 Å². The molecule has 0 saturated heterocycles. The van der Waals surface area contributed by atoms with E-state index in [1.807, 2.05) is 0 Å². The van der Waals surface area contributed by atoms with Crippen molar-refractivity contribution in [3.8, 4) is 11.3 Å². The van der Waals surface area contributed by atoms with Gasteiger partial charge in [-0.05, 0) is 19.3 Å². The first-order valence-corrected chi connectivity index (χ1v) is 7.04. The first-order chi connectivity index (χ1) is 9.19. The lowest BCUT2D eigenvalue weighted by Crippen LogP contribution is -2.20. The number of nitrogens with two attached hydrogens (primary N) is 1. The Morgan fingerprint density at radius 1 is 1.32 bits per heavy atom. The second-order valence-corrected chi connectivity index (χ2v) is 5.64. The third-order valence-corrected chi connectivity index (χ3v) is 4.05. The summed E-state index contributed by atoms with van der Waals surface area (Å²) in [5.74, 6) is 1.93. The van der Waals surface area contributed by atoms with E-state index in [4.69, 9.17) is 10.7 Å². The maximum atomic E-state index is 5.96. The van der Waals surface area contributed by atoms with Crippen LogP contribution in [-0.4, -0.2) is 9.55 Å². The molecule has 0 spiro atoms. The van der Waals surface area contributed by atoms with Gasteiger partial charge in [0.2, 0.25) is 0 Å². The summed E-state index contributed by atoms with van der Waals surface area (Å²) in [6, 6.07) is 8.56. The summed E-state index contributed by atoms with van der Waals surface area (Å²) < 4.78 is 2.33. The van der Waals surface area contributed by atoms with Crippen molar-refractivity contribution in [3.63, 3.8) is 0 Å². The average molecular weight is 255 g/mol. The molecule has 2 aromatic rings. The number of aromatic nitrogens is 2. The monoisotopic (exact) mass is 255 g/mol. The Balaban J connectivity index is 2.09. The van der Waals surface area contributed by atoms with Crippen molar-refractivity contribution in [2.45, 2.75) is 39.8 Å². The summed E-state index contributed by atoms with van der Waals surface area (Å²) in [5.41, 5.74) is 10.7. The molecule has 2 N–H and O–H groups in total. The van der Waals surface area contributed by atoms with E-state index in [0.29, 0.717) is 6.54 Å². The topological polar surface area (TPSA) is 43.8 Å². The Kier molecular flexibility index (Phi) is 3.15. The van der Waals surface area contributed by atoms with E-state index in [-0.39, 0.29) is 0 Å². The zero-order chi connectivity index (χ0) is 13.4. The summed E-state index contributed by atoms with van der Waals surface area (Å²) in [6.07, 6.45) is 2.29. The SMILES string of the molecule is Cc1ccc(-c2nc3n(c2CN)CCC(C)C3)cc1. The zero-order valence-electron chi connectivity index (χ0n) is 11.7. The fraction of sp³-hybridized carbons (Fsp3) is 0.438. The highest BCUT2D eigenvalue weighted by molar-refractivity contribution is 5.63. The third kappa shape index (κ3) is 2.19. The van der Waals surface area contributed by atoms with Gasteiger partial charge in [0.25, 0.3) is 0 Å². The molecule has 0 bridgehead atoms. The summed E-state index contributed by atoms with van der Waals surface area (Å²) in [5, 5.41) is 0. The number of imidazole rings is 1. The number of fused-ring (bicyclic) bond motifs is 1. The normalized spacial score (nSPS) is 18.4. The number of hydrogen-bond acceptors (Lipinski definition) is 2. The Labute approximate surface area is 114 Å². The highest BCUT2D eigenvalue weighted by Gasteiger charge is 2.22. The lowest BCUT2D eigenvalue weighted by molar-refractivity contribution is 0.403. The first-order valence-electron chi connectivity index (χ1n) is 7.04. The van der Waals surface area contributed by atoms with Crippen LogP contribution in [0.5, 0.6) is 0 Å². The summed E-state index contributed by atoms with van der Waals surface area (Å²) in [4.78, 5) is 4.85. The van der Waals surface area contributed by atoms with Gasteiger partial charge in [-0.1, -0.05) is 36.8 Å². The minimum atomic E-state index is 0.560. The molecule has 1 atom stereocenters. The molecule has 0 saturated carbocycles. The van der Waals surface area contributed by atoms with E-state index < -0.39 is 0 Å². The number of hydrogen-bond donors (Lipinski definition) is 1. The zero-order valence-corrected chi connectivity index (χ0v) is 11.7. The molecule has 0 radical (unpaired) electrons. The predicted molar refractivity (Wildman–Crippen MR) is 77.8 cm³/mol. The van der Waals surface area contributed by atoms with Crippen LogP contribution in [0.1, 0.15) is 30.4 Å². The first kappa shape index (κ1) is 12.4. The Morgan fingerprint density at radius 2 is 2.05 bits per heavy atom. The number of aryl methyl sites for hydroxylation is 1. The largest absolute Gasteiger partial charge is 0.330 e. The van der Waals surface area contributed by atoms with Gasteiger partial charge in [0.1, 0.15) is 5.82 Å². The standard InChI is InChI=1S/C16H21N3/c1-11-3-5-13(6-4-11)16-14(10-17)19-8-7-12(2)9-15(19)18-16/h3-6,12H,7-10,17H2,1-2H3. The second-order valence-electron chi connectivity index (χ2n) is 5.64. The Morgan fingerprint density at radius 3 is 2.74 bits per heavy atom. The van der Waals surface area contributed by atoms with Crippen LogP contribution in [0.2, 0.25) is 0 Å². The molecule has 2 heterocycles. The predicted octanol–water partition coefficient (Wildman–Crippen LogP) is 2.90. The van der Waals surface area contributed by atoms with Crippen molar-refractivity contribution < 1.29 is 0 Å². The van der Waals surface area contributed by atoms with E-state index in [9.17, 15) is 0 Å². The van der Waals surface area contributed by atoms with Gasteiger partial charge in [-0.25, -0.2) is 4.98 Å². The molecule has 3 nitrogen and oxygen atoms in total. The number of rotatable bonds is 2. The third-order valence-electron chi connectivity index (χ3n) is 4.05. The molecule has 0 aliphatic carbocycles. The van der Waals surface area contributed by atoms with E-state index >= 15 is 0 Å². The second kappa shape index (κ2) is 4.82. The van der Waals surface area contributed by atoms with Crippen LogP contribution in [-0.2, 0) is 19.5 Å². The Bertz CT molecular complexity index is 581. The van der Waals surface area contributed by atoms with Crippen molar-refractivity contribution in [1.29, 1.82) is 0 Å². The molecule has 3 rings (SSSR count). The fourth-order valence-corrected chi connectivity index (χ4v) is 2.87. The van der Waals surface area contributed by atoms with Crippen molar-refractivity contribution in [2.75, 3.05) is 0 Å². The molecule has 0 fully saturated rings. The van der Waals surface area contributed by atoms with Crippen LogP contribution in [0.25, 0.3) is 11.3 Å². The van der Waals surface area contributed by atoms with Gasteiger partial charge in [0, 0.05) is 25.1 Å². The summed E-state index contributed by atoms with van der Waals surface area (Å²) in [6.45, 7) is 6.02. The summed E-state index contributed by atoms with van der Waals surface area (Å²) in [7, 11) is 0. The van der Waals surface area contributed by atoms with Crippen LogP contribution in [0.15, 0.2) is 24.3 Å². The van der Waals surface area contributed by atoms with Gasteiger partial charge in [-0.3, -0.25) is 0 Å². The van der Waals surface area contributed by atoms with Gasteiger partial charge in [0.05, 0.1) is 11.4 Å². The molecule has 1 aliphatic rings. The molecule has 19 heavy (non-hydrogen) atoms. The number of nitrogens with zero attached hydrogens (tertiary/aromatic N) is 2. The van der Waals surface area contributed by atoms with Gasteiger partial charge in [-0.2, -0.15) is 0 Å². The molecule has 3 heteroatoms.